The maximum absolute atomic E-state index is 9.96. The molecule has 0 atom stereocenters. The van der Waals surface area contributed by atoms with E-state index in [1.54, 1.807) is 0 Å². The molecule has 0 aliphatic rings. The highest BCUT2D eigenvalue weighted by Gasteiger charge is 1.94. The predicted molar refractivity (Wildman–Crippen MR) is 96.5 cm³/mol. The normalized spacial score (nSPS) is 8.15. The maximum atomic E-state index is 9.96. The number of unbranched alkanes of at least 4 members (excludes halogenated alkanes) is 3. The minimum absolute atomic E-state index is 0.333. The molecule has 27 heavy (non-hydrogen) atoms. The molecule has 0 spiro atoms. The van der Waals surface area contributed by atoms with Gasteiger partial charge in [0.05, 0.1) is 13.2 Å². The summed E-state index contributed by atoms with van der Waals surface area (Å²) in [4.78, 5) is 37.0. The Morgan fingerprint density at radius 2 is 1.00 bits per heavy atom. The van der Waals surface area contributed by atoms with Gasteiger partial charge in [-0.2, -0.15) is 0 Å². The summed E-state index contributed by atoms with van der Waals surface area (Å²) in [5.41, 5.74) is 0. The summed E-state index contributed by atoms with van der Waals surface area (Å²) in [6.45, 7) is 4.63. The van der Waals surface area contributed by atoms with Crippen molar-refractivity contribution in [3.05, 3.63) is 0 Å². The highest BCUT2D eigenvalue weighted by Crippen LogP contribution is 2.01. The zero-order chi connectivity index (χ0) is 22.8. The van der Waals surface area contributed by atoms with Crippen LogP contribution in [0.15, 0.2) is 0 Å². The number of aliphatic hydroxyl groups excluding tert-OH is 3. The summed E-state index contributed by atoms with van der Waals surface area (Å²) >= 11 is 0. The molecule has 0 bridgehead atoms. The van der Waals surface area contributed by atoms with Crippen LogP contribution >= 0.6 is 0 Å². The van der Waals surface area contributed by atoms with E-state index in [0.29, 0.717) is 6.42 Å². The van der Waals surface area contributed by atoms with Gasteiger partial charge in [-0.25, -0.2) is 0 Å². The zero-order valence-electron chi connectivity index (χ0n) is 16.3. The molecule has 0 rings (SSSR count). The van der Waals surface area contributed by atoms with E-state index < -0.39 is 30.0 Å². The fourth-order valence-electron chi connectivity index (χ4n) is 0.761. The van der Waals surface area contributed by atoms with Gasteiger partial charge in [0, 0.05) is 27.2 Å². The standard InChI is InChI=1S/C7H14O2.C3H8O3.3C2H4O2/c1-2-3-4-5-6-7(8)9;4-1-3(6)2-5;3*1-2(3)4/h2-6H2,1H3,(H,8,9);3-6H,1-2H2;3*1H3,(H,3,4). The SMILES string of the molecule is CC(=O)O.CC(=O)O.CC(=O)O.CCCCCCC(=O)O.OCC(O)CO. The molecule has 11 nitrogen and oxygen atoms in total. The van der Waals surface area contributed by atoms with Crippen molar-refractivity contribution < 1.29 is 54.9 Å². The van der Waals surface area contributed by atoms with Crippen LogP contribution in [0.4, 0.5) is 0 Å². The lowest BCUT2D eigenvalue weighted by Gasteiger charge is -1.96. The van der Waals surface area contributed by atoms with Gasteiger partial charge in [0.2, 0.25) is 0 Å². The summed E-state index contributed by atoms with van der Waals surface area (Å²) in [6, 6.07) is 0. The Morgan fingerprint density at radius 1 is 0.704 bits per heavy atom. The molecule has 0 saturated carbocycles. The monoisotopic (exact) mass is 402 g/mol. The number of aliphatic carboxylic acids is 4. The average molecular weight is 402 g/mol. The van der Waals surface area contributed by atoms with E-state index in [1.165, 1.54) is 6.42 Å². The molecule has 0 aromatic carbocycles. The van der Waals surface area contributed by atoms with E-state index in [0.717, 1.165) is 40.0 Å². The lowest BCUT2D eigenvalue weighted by atomic mass is 10.2. The molecule has 0 aliphatic carbocycles. The van der Waals surface area contributed by atoms with Crippen LogP contribution in [0.5, 0.6) is 0 Å². The largest absolute Gasteiger partial charge is 0.481 e. The Bertz CT molecular complexity index is 312. The molecule has 0 aromatic rings. The number of hydrogen-bond donors (Lipinski definition) is 7. The van der Waals surface area contributed by atoms with Crippen LogP contribution in [0.1, 0.15) is 59.8 Å². The Kier molecular flexibility index (Phi) is 41.8. The van der Waals surface area contributed by atoms with Crippen LogP contribution in [0.3, 0.4) is 0 Å². The van der Waals surface area contributed by atoms with Crippen LogP contribution in [-0.2, 0) is 19.2 Å². The Hall–Kier alpha value is -2.24. The van der Waals surface area contributed by atoms with Crippen molar-refractivity contribution in [3.63, 3.8) is 0 Å². The molecule has 0 fully saturated rings. The summed E-state index contributed by atoms with van der Waals surface area (Å²) < 4.78 is 0. The summed E-state index contributed by atoms with van der Waals surface area (Å²) in [7, 11) is 0. The van der Waals surface area contributed by atoms with Gasteiger partial charge in [-0.1, -0.05) is 26.2 Å². The van der Waals surface area contributed by atoms with Gasteiger partial charge in [0.1, 0.15) is 6.10 Å². The van der Waals surface area contributed by atoms with Gasteiger partial charge in [0.15, 0.2) is 0 Å². The number of aliphatic hydroxyl groups is 3. The van der Waals surface area contributed by atoms with E-state index in [2.05, 4.69) is 6.92 Å². The molecular formula is C16H34O11. The van der Waals surface area contributed by atoms with E-state index >= 15 is 0 Å². The number of rotatable bonds is 7. The second-order valence-corrected chi connectivity index (χ2v) is 4.78. The molecular weight excluding hydrogens is 368 g/mol. The lowest BCUT2D eigenvalue weighted by molar-refractivity contribution is -0.137. The third kappa shape index (κ3) is 187. The second kappa shape index (κ2) is 31.5. The molecule has 0 aromatic heterocycles. The van der Waals surface area contributed by atoms with Gasteiger partial charge in [0.25, 0.3) is 17.9 Å². The molecule has 11 heteroatoms. The molecule has 0 saturated heterocycles. The minimum atomic E-state index is -0.954. The molecule has 0 amide bonds. The van der Waals surface area contributed by atoms with Crippen molar-refractivity contribution in [1.29, 1.82) is 0 Å². The predicted octanol–water partition coefficient (Wildman–Crippen LogP) is 0.646. The van der Waals surface area contributed by atoms with Gasteiger partial charge in [-0.15, -0.1) is 0 Å². The van der Waals surface area contributed by atoms with Gasteiger partial charge in [-0.05, 0) is 6.42 Å². The molecule has 7 N–H and O–H groups in total. The fourth-order valence-corrected chi connectivity index (χ4v) is 0.761. The molecule has 0 heterocycles. The van der Waals surface area contributed by atoms with Gasteiger partial charge >= 0.3 is 5.97 Å². The van der Waals surface area contributed by atoms with Crippen LogP contribution in [0, 0.1) is 0 Å². The van der Waals surface area contributed by atoms with Crippen molar-refractivity contribution in [2.75, 3.05) is 13.2 Å². The van der Waals surface area contributed by atoms with E-state index in [-0.39, 0.29) is 13.2 Å². The zero-order valence-corrected chi connectivity index (χ0v) is 16.3. The maximum Gasteiger partial charge on any atom is 0.303 e. The van der Waals surface area contributed by atoms with Crippen LogP contribution < -0.4 is 0 Å². The van der Waals surface area contributed by atoms with Crippen LogP contribution in [0.2, 0.25) is 0 Å². The van der Waals surface area contributed by atoms with Crippen LogP contribution in [-0.4, -0.2) is 78.9 Å². The highest BCUT2D eigenvalue weighted by atomic mass is 16.4. The highest BCUT2D eigenvalue weighted by molar-refractivity contribution is 5.66. The first kappa shape index (κ1) is 35.8. The number of carbonyl (C=O) groups is 4. The number of hydrogen-bond acceptors (Lipinski definition) is 7. The Labute approximate surface area is 158 Å². The number of carboxylic acid groups (broad SMARTS) is 4. The van der Waals surface area contributed by atoms with Crippen molar-refractivity contribution >= 4 is 23.9 Å². The number of carboxylic acids is 4. The first-order valence-electron chi connectivity index (χ1n) is 7.98. The third-order valence-corrected chi connectivity index (χ3v) is 1.67. The first-order valence-corrected chi connectivity index (χ1v) is 7.98. The van der Waals surface area contributed by atoms with E-state index in [4.69, 9.17) is 50.1 Å². The molecule has 0 aliphatic heterocycles. The average Bonchev–Trinajstić information content (AvgIpc) is 2.49. The van der Waals surface area contributed by atoms with Crippen LogP contribution in [0.25, 0.3) is 0 Å². The quantitative estimate of drug-likeness (QED) is 0.294. The molecule has 0 unspecified atom stereocenters. The van der Waals surface area contributed by atoms with E-state index in [9.17, 15) is 4.79 Å². The molecule has 164 valence electrons. The lowest BCUT2D eigenvalue weighted by Crippen LogP contribution is -2.15. The second-order valence-electron chi connectivity index (χ2n) is 4.78. The van der Waals surface area contributed by atoms with Crippen molar-refractivity contribution in [2.45, 2.75) is 65.9 Å². The fraction of sp³-hybridized carbons (Fsp3) is 0.750. The third-order valence-electron chi connectivity index (χ3n) is 1.67. The summed E-state index contributed by atoms with van der Waals surface area (Å²) in [6.07, 6.45) is 3.60. The molecule has 0 radical (unpaired) electrons. The van der Waals surface area contributed by atoms with Gasteiger partial charge in [-0.3, -0.25) is 19.2 Å². The van der Waals surface area contributed by atoms with Crippen molar-refractivity contribution in [2.24, 2.45) is 0 Å². The van der Waals surface area contributed by atoms with Crippen molar-refractivity contribution in [1.82, 2.24) is 0 Å². The van der Waals surface area contributed by atoms with Gasteiger partial charge < -0.3 is 35.7 Å². The van der Waals surface area contributed by atoms with Crippen molar-refractivity contribution in [3.8, 4) is 0 Å². The van der Waals surface area contributed by atoms with E-state index in [1.807, 2.05) is 0 Å². The Balaban J connectivity index is -0.0000000787. The Morgan fingerprint density at radius 3 is 1.15 bits per heavy atom. The minimum Gasteiger partial charge on any atom is -0.481 e. The summed E-state index contributed by atoms with van der Waals surface area (Å²) in [5, 5.41) is 54.5. The smallest absolute Gasteiger partial charge is 0.303 e. The summed E-state index contributed by atoms with van der Waals surface area (Å²) in [5.74, 6) is -3.17. The topological polar surface area (TPSA) is 210 Å². The first-order chi connectivity index (χ1) is 12.3.